The van der Waals surface area contributed by atoms with Crippen LogP contribution in [0.4, 0.5) is 17.3 Å². The van der Waals surface area contributed by atoms with Crippen molar-refractivity contribution in [1.82, 2.24) is 82.6 Å². The minimum Gasteiger partial charge on any atom is -0.371 e. The Hall–Kier alpha value is -10.2. The summed E-state index contributed by atoms with van der Waals surface area (Å²) in [5.74, 6) is 0.465. The number of nitrogens with zero attached hydrogens (tertiary/aromatic N) is 17. The monoisotopic (exact) mass is 1310 g/mol. The van der Waals surface area contributed by atoms with E-state index < -0.39 is 0 Å². The number of thioether (sulfide) groups is 3. The fourth-order valence-electron chi connectivity index (χ4n) is 11.8. The van der Waals surface area contributed by atoms with Gasteiger partial charge in [0.2, 0.25) is 5.95 Å². The van der Waals surface area contributed by atoms with Crippen LogP contribution < -0.4 is 32.5 Å². The molecule has 23 nitrogen and oxygen atoms in total. The first-order chi connectivity index (χ1) is 45.8. The molecule has 0 bridgehead atoms. The average molecular weight is 1310 g/mol. The normalized spacial score (nSPS) is 13.7. The average Bonchev–Trinajstić information content (AvgIpc) is 1.63. The molecule has 10 heterocycles. The smallest absolute Gasteiger partial charge is 0.278 e. The second kappa shape index (κ2) is 28.4. The van der Waals surface area contributed by atoms with Crippen molar-refractivity contribution >= 4 is 96.7 Å². The van der Waals surface area contributed by atoms with E-state index in [-0.39, 0.29) is 22.2 Å². The number of allylic oxidation sites excluding steroid dienone is 1. The van der Waals surface area contributed by atoms with E-state index in [0.29, 0.717) is 77.5 Å². The molecule has 94 heavy (non-hydrogen) atoms. The van der Waals surface area contributed by atoms with Crippen molar-refractivity contribution in [3.63, 3.8) is 0 Å². The summed E-state index contributed by atoms with van der Waals surface area (Å²) in [5, 5.41) is 10.1. The van der Waals surface area contributed by atoms with Crippen LogP contribution in [-0.2, 0) is 20.6 Å². The van der Waals surface area contributed by atoms with Gasteiger partial charge in [-0.1, -0.05) is 114 Å². The Bertz CT molecular complexity index is 5050. The molecule has 2 N–H and O–H groups in total. The Balaban J connectivity index is 0.000000126. The van der Waals surface area contributed by atoms with E-state index >= 15 is 0 Å². The van der Waals surface area contributed by atoms with Crippen molar-refractivity contribution in [1.29, 1.82) is 0 Å². The number of fused-ring (bicyclic) bond motifs is 4. The molecule has 1 spiro atoms. The Labute approximate surface area is 552 Å². The van der Waals surface area contributed by atoms with Crippen LogP contribution in [0.3, 0.4) is 0 Å². The molecular weight excluding hydrogens is 1240 g/mol. The molecule has 0 atom stereocenters. The highest BCUT2D eigenvalue weighted by molar-refractivity contribution is 7.98. The van der Waals surface area contributed by atoms with Gasteiger partial charge >= 0.3 is 0 Å². The molecule has 0 saturated carbocycles. The second-order valence-electron chi connectivity index (χ2n) is 22.6. The van der Waals surface area contributed by atoms with Crippen LogP contribution in [0.5, 0.6) is 0 Å². The molecule has 478 valence electrons. The first-order valence-electron chi connectivity index (χ1n) is 30.4. The van der Waals surface area contributed by atoms with Crippen molar-refractivity contribution in [2.45, 2.75) is 47.7 Å². The van der Waals surface area contributed by atoms with Gasteiger partial charge in [-0.15, -0.1) is 6.58 Å². The molecule has 2 fully saturated rings. The van der Waals surface area contributed by atoms with E-state index in [4.69, 9.17) is 4.98 Å². The Morgan fingerprint density at radius 3 is 1.38 bits per heavy atom. The molecule has 0 unspecified atom stereocenters. The highest BCUT2D eigenvalue weighted by Crippen LogP contribution is 2.42. The summed E-state index contributed by atoms with van der Waals surface area (Å²) < 4.78 is 11.9. The molecule has 0 amide bonds. The predicted molar refractivity (Wildman–Crippen MR) is 377 cm³/mol. The summed E-state index contributed by atoms with van der Waals surface area (Å²) in [5.41, 5.74) is 8.23. The highest BCUT2D eigenvalue weighted by Gasteiger charge is 2.37. The molecule has 26 heteroatoms. The molecule has 15 rings (SSSR count). The van der Waals surface area contributed by atoms with E-state index in [9.17, 15) is 19.2 Å². The van der Waals surface area contributed by atoms with Crippen molar-refractivity contribution < 1.29 is 0 Å². The summed E-state index contributed by atoms with van der Waals surface area (Å²) in [7, 11) is 5.72. The maximum Gasteiger partial charge on any atom is 0.278 e. The van der Waals surface area contributed by atoms with Gasteiger partial charge in [-0.25, -0.2) is 67.7 Å². The molecule has 2 aliphatic rings. The fraction of sp³-hybridized carbons (Fsp3) is 0.235. The number of aromatic nitrogens is 16. The summed E-state index contributed by atoms with van der Waals surface area (Å²) in [6.45, 7) is 8.86. The van der Waals surface area contributed by atoms with Crippen LogP contribution in [0.25, 0.3) is 66.9 Å². The van der Waals surface area contributed by atoms with Gasteiger partial charge in [0.15, 0.2) is 38.1 Å². The zero-order valence-electron chi connectivity index (χ0n) is 52.8. The van der Waals surface area contributed by atoms with Crippen molar-refractivity contribution in [3.8, 4) is 22.7 Å². The number of nitrogens with one attached hydrogen (secondary N) is 2. The number of hydrogen-bond donors (Lipinski definition) is 2. The maximum atomic E-state index is 12.7. The number of likely N-dealkylation sites (tertiary alicyclic amines) is 1. The summed E-state index contributed by atoms with van der Waals surface area (Å²) in [4.78, 5) is 89.1. The molecule has 13 aromatic rings. The van der Waals surface area contributed by atoms with Crippen LogP contribution in [0.2, 0.25) is 0 Å². The summed E-state index contributed by atoms with van der Waals surface area (Å²) in [6.07, 6.45) is 19.0. The number of para-hydroxylation sites is 4. The molecular formula is C68H69N19O4S3. The summed E-state index contributed by atoms with van der Waals surface area (Å²) >= 11 is 4.35. The predicted octanol–water partition coefficient (Wildman–Crippen LogP) is 10.3. The lowest BCUT2D eigenvalue weighted by atomic mass is 9.71. The maximum absolute atomic E-state index is 12.7. The number of H-pyrrole nitrogens is 1. The third-order valence-corrected chi connectivity index (χ3v) is 18.5. The van der Waals surface area contributed by atoms with Crippen molar-refractivity contribution in [2.24, 2.45) is 19.5 Å². The lowest BCUT2D eigenvalue weighted by Crippen LogP contribution is -2.46. The first-order valence-corrected chi connectivity index (χ1v) is 34.1. The Morgan fingerprint density at radius 1 is 0.479 bits per heavy atom. The SMILES string of the molecule is C=CCn1c(=O)c2cnc(SC)nc2n1-c1ccccc1.CN1CCC2(CC1)CCN(c1ccc(Nc3ncc4c(=O)n(C)n(-c5ccccc5)c4n3)cc1)CC2.CSc1ncc2c(=O)[nH]n(-c3ccccc3)c2n1.CSc1ncc2c(=O)n(C)n(-c3ccccc3)c2n1. The Kier molecular flexibility index (Phi) is 19.3. The Morgan fingerprint density at radius 2 is 0.894 bits per heavy atom. The largest absolute Gasteiger partial charge is 0.371 e. The summed E-state index contributed by atoms with van der Waals surface area (Å²) in [6, 6.07) is 47.2. The topological polar surface area (TPSA) is 240 Å². The fourth-order valence-corrected chi connectivity index (χ4v) is 12.8. The van der Waals surface area contributed by atoms with Crippen LogP contribution in [0.15, 0.2) is 218 Å². The van der Waals surface area contributed by atoms with Crippen molar-refractivity contribution in [3.05, 3.63) is 224 Å². The van der Waals surface area contributed by atoms with Gasteiger partial charge in [-0.3, -0.25) is 24.3 Å². The zero-order chi connectivity index (χ0) is 65.5. The zero-order valence-corrected chi connectivity index (χ0v) is 55.2. The van der Waals surface area contributed by atoms with E-state index in [0.717, 1.165) is 41.5 Å². The van der Waals surface area contributed by atoms with Crippen molar-refractivity contribution in [2.75, 3.05) is 62.2 Å². The molecule has 0 radical (unpaired) electrons. The number of aromatic amines is 1. The van der Waals surface area contributed by atoms with Gasteiger partial charge in [0.1, 0.15) is 21.5 Å². The third kappa shape index (κ3) is 13.3. The van der Waals surface area contributed by atoms with Crippen LogP contribution >= 0.6 is 35.3 Å². The van der Waals surface area contributed by atoms with Crippen LogP contribution in [0, 0.1) is 5.41 Å². The second-order valence-corrected chi connectivity index (χ2v) is 24.9. The standard InChI is InChI=1S/C28H33N7O.C15H14N4OS.C13H12N4OS.C12H10N4OS/c1-32-16-12-28(13-17-32)14-18-34(19-15-28)22-10-8-21(9-11-22)30-27-29-20-24-25(31-27)35(33(2)26(24)36)23-6-4-3-5-7-23;1-3-9-18-14(20)12-10-16-15(21-2)17-13(12)19(18)11-7-5-4-6-8-11;1-16-12(18)10-8-14-13(19-2)15-11(10)17(16)9-6-4-3-5-7-9;1-18-12-13-7-9-10(14-12)16(15-11(9)17)8-5-3-2-4-6-8/h3-11,20H,12-19H2,1-2H3,(H,29,30,31);3-8,10H,1,9H2,2H3;3-8H,1-2H3;2-7H,1H3,(H,15,17). The first kappa shape index (κ1) is 64.0. The van der Waals surface area contributed by atoms with E-state index in [1.165, 1.54) is 79.7 Å². The van der Waals surface area contributed by atoms with Gasteiger partial charge in [-0.05, 0) is 143 Å². The van der Waals surface area contributed by atoms with E-state index in [1.54, 1.807) is 68.4 Å². The molecule has 2 aliphatic heterocycles. The van der Waals surface area contributed by atoms with Gasteiger partial charge in [0, 0.05) is 63.3 Å². The number of rotatable bonds is 12. The quantitative estimate of drug-likeness (QED) is 0.0656. The van der Waals surface area contributed by atoms with Gasteiger partial charge in [0.25, 0.3) is 22.2 Å². The van der Waals surface area contributed by atoms with Crippen LogP contribution in [-0.4, -0.2) is 135 Å². The molecule has 0 aliphatic carbocycles. The number of hydrogen-bond acceptors (Lipinski definition) is 18. The highest BCUT2D eigenvalue weighted by atomic mass is 32.2. The number of anilines is 3. The molecule has 8 aromatic heterocycles. The lowest BCUT2D eigenvalue weighted by Gasteiger charge is -2.46. The van der Waals surface area contributed by atoms with Crippen LogP contribution in [0.1, 0.15) is 25.7 Å². The van der Waals surface area contributed by atoms with Gasteiger partial charge in [0.05, 0.1) is 29.3 Å². The minimum absolute atomic E-state index is 0.0912. The van der Waals surface area contributed by atoms with Gasteiger partial charge in [-0.2, -0.15) is 4.98 Å². The number of piperidine rings is 2. The lowest BCUT2D eigenvalue weighted by molar-refractivity contribution is 0.0945. The molecule has 2 saturated heterocycles. The number of benzene rings is 5. The van der Waals surface area contributed by atoms with E-state index in [2.05, 4.69) is 93.0 Å². The molecule has 5 aromatic carbocycles. The minimum atomic E-state index is -0.179. The third-order valence-electron chi connectivity index (χ3n) is 16.9. The van der Waals surface area contributed by atoms with Gasteiger partial charge < -0.3 is 15.1 Å². The van der Waals surface area contributed by atoms with E-state index in [1.807, 2.05) is 149 Å².